The van der Waals surface area contributed by atoms with Crippen LogP contribution < -0.4 is 18.9 Å². The first-order valence-corrected chi connectivity index (χ1v) is 2.35. The van der Waals surface area contributed by atoms with Crippen LogP contribution in [0.25, 0.3) is 0 Å². The third kappa shape index (κ3) is 103. The van der Waals surface area contributed by atoms with Crippen LogP contribution in [0.1, 0.15) is 1.43 Å². The van der Waals surface area contributed by atoms with Gasteiger partial charge in [0.25, 0.3) is 0 Å². The maximum absolute atomic E-state index is 8.88. The van der Waals surface area contributed by atoms with E-state index in [1.807, 2.05) is 0 Å². The van der Waals surface area contributed by atoms with E-state index >= 15 is 0 Å². The zero-order valence-electron chi connectivity index (χ0n) is 4.98. The molecular weight excluding hydrogens is 253 g/mol. The van der Waals surface area contributed by atoms with Gasteiger partial charge in [0, 0.05) is 38.1 Å². The Balaban J connectivity index is -0.0000000133. The van der Waals surface area contributed by atoms with E-state index in [4.69, 9.17) is 19.2 Å². The summed E-state index contributed by atoms with van der Waals surface area (Å²) in [6.07, 6.45) is 0. The summed E-state index contributed by atoms with van der Waals surface area (Å²) in [6.45, 7) is 0. The van der Waals surface area contributed by atoms with Gasteiger partial charge < -0.3 is 16.1 Å². The molecule has 0 aromatic rings. The first-order valence-electron chi connectivity index (χ1n) is 0.783. The molecule has 0 spiro atoms. The fourth-order valence-corrected chi connectivity index (χ4v) is 0. The molecule has 0 aromatic carbocycles. The Kier molecular flexibility index (Phi) is 25.1. The Morgan fingerprint density at radius 3 is 1.25 bits per heavy atom. The van der Waals surface area contributed by atoms with Crippen LogP contribution in [0, 0.1) is 0 Å². The van der Waals surface area contributed by atoms with Gasteiger partial charge in [0.2, 0.25) is 0 Å². The van der Waals surface area contributed by atoms with Crippen molar-refractivity contribution in [3.8, 4) is 0 Å². The van der Waals surface area contributed by atoms with Gasteiger partial charge in [-0.3, -0.25) is 0 Å². The third-order valence-corrected chi connectivity index (χ3v) is 0. The average Bonchev–Trinajstić information content (AvgIpc) is 0.722. The summed E-state index contributed by atoms with van der Waals surface area (Å²) in [5.41, 5.74) is 0. The Morgan fingerprint density at radius 1 is 1.25 bits per heavy atom. The molecule has 0 bridgehead atoms. The fourth-order valence-electron chi connectivity index (χ4n) is 0. The van der Waals surface area contributed by atoms with Crippen LogP contribution in [0.5, 0.6) is 0 Å². The van der Waals surface area contributed by atoms with Gasteiger partial charge in [-0.1, -0.05) is 0 Å². The quantitative estimate of drug-likeness (QED) is 0.307. The molecule has 0 aliphatic rings. The minimum atomic E-state index is -4.64. The Bertz CT molecular complexity index is 66.7. The van der Waals surface area contributed by atoms with Crippen molar-refractivity contribution in [2.45, 2.75) is 0 Å². The number of hydrogen-bond acceptors (Lipinski definition) is 1. The maximum Gasteiger partial charge on any atom is 1.00 e. The van der Waals surface area contributed by atoms with Crippen molar-refractivity contribution in [3.63, 3.8) is 0 Å². The van der Waals surface area contributed by atoms with Crippen molar-refractivity contribution >= 4 is 7.82 Å². The number of rotatable bonds is 0. The van der Waals surface area contributed by atoms with E-state index in [1.165, 1.54) is 0 Å². The smallest absolute Gasteiger partial charge is 1.00 e. The van der Waals surface area contributed by atoms with Gasteiger partial charge in [-0.15, -0.1) is 0 Å². The maximum atomic E-state index is 8.88. The van der Waals surface area contributed by atoms with Crippen molar-refractivity contribution in [2.75, 3.05) is 0 Å². The SMILES string of the molecule is O=P(O)(O)O.[H-].[Li+].[Mn].[Mo]. The first kappa shape index (κ1) is 22.5. The molecule has 0 rings (SSSR count). The summed E-state index contributed by atoms with van der Waals surface area (Å²) in [5, 5.41) is 0. The van der Waals surface area contributed by atoms with Crippen LogP contribution in [0.3, 0.4) is 0 Å². The van der Waals surface area contributed by atoms with E-state index < -0.39 is 7.82 Å². The molecule has 0 fully saturated rings. The molecule has 0 aliphatic carbocycles. The fraction of sp³-hybridized carbons (Fsp3) is 0. The molecule has 0 aliphatic heterocycles. The molecule has 0 saturated heterocycles. The van der Waals surface area contributed by atoms with E-state index in [2.05, 4.69) is 0 Å². The van der Waals surface area contributed by atoms with Crippen LogP contribution in [0.4, 0.5) is 0 Å². The van der Waals surface area contributed by atoms with Gasteiger partial charge in [0.15, 0.2) is 0 Å². The second-order valence-corrected chi connectivity index (χ2v) is 1.54. The topological polar surface area (TPSA) is 77.8 Å². The predicted molar refractivity (Wildman–Crippen MR) is 15.4 cm³/mol. The molecule has 1 radical (unpaired) electrons. The van der Waals surface area contributed by atoms with E-state index in [9.17, 15) is 0 Å². The van der Waals surface area contributed by atoms with Gasteiger partial charge in [0.05, 0.1) is 0 Å². The molecule has 8 heavy (non-hydrogen) atoms. The summed E-state index contributed by atoms with van der Waals surface area (Å²) in [5.74, 6) is 0. The standard InChI is InChI=1S/Li.Mn.Mo.H3O4P.H/c;;;1-5(2,3)4;/h;;;(H3,1,2,3,4);/q+1;;;;-1. The largest absolute Gasteiger partial charge is 1.00 e. The van der Waals surface area contributed by atoms with Crippen molar-refractivity contribution in [1.29, 1.82) is 0 Å². The molecule has 0 saturated carbocycles. The van der Waals surface area contributed by atoms with Gasteiger partial charge >= 0.3 is 26.7 Å². The second kappa shape index (κ2) is 8.92. The Hall–Kier alpha value is 1.92. The zero-order valence-corrected chi connectivity index (χ0v) is 8.07. The monoisotopic (exact) mass is 259 g/mol. The summed E-state index contributed by atoms with van der Waals surface area (Å²) < 4.78 is 8.88. The van der Waals surface area contributed by atoms with Crippen LogP contribution in [0.15, 0.2) is 0 Å². The summed E-state index contributed by atoms with van der Waals surface area (Å²) in [4.78, 5) is 21.6. The van der Waals surface area contributed by atoms with Crippen molar-refractivity contribution in [3.05, 3.63) is 0 Å². The van der Waals surface area contributed by atoms with Crippen molar-refractivity contribution < 1.29 is 77.7 Å². The zero-order chi connectivity index (χ0) is 4.50. The molecule has 0 atom stereocenters. The van der Waals surface area contributed by atoms with E-state index in [0.29, 0.717) is 0 Å². The van der Waals surface area contributed by atoms with Gasteiger partial charge in [-0.05, 0) is 0 Å². The second-order valence-electron chi connectivity index (χ2n) is 0.513. The Labute approximate surface area is 85.1 Å². The first-order chi connectivity index (χ1) is 2.00. The average molecular weight is 257 g/mol. The molecule has 0 aromatic heterocycles. The molecule has 8 heteroatoms. The van der Waals surface area contributed by atoms with Crippen LogP contribution >= 0.6 is 7.82 Å². The Morgan fingerprint density at radius 2 is 1.25 bits per heavy atom. The third-order valence-electron chi connectivity index (χ3n) is 0. The molecule has 0 unspecified atom stereocenters. The molecule has 0 heterocycles. The molecule has 3 N–H and O–H groups in total. The minimum Gasteiger partial charge on any atom is -1.00 e. The number of phosphoric acid groups is 1. The molecule has 47 valence electrons. The molecule has 0 amide bonds. The summed E-state index contributed by atoms with van der Waals surface area (Å²) in [7, 11) is -4.64. The van der Waals surface area contributed by atoms with Crippen molar-refractivity contribution in [2.24, 2.45) is 0 Å². The molecular formula is H4LiMnMoO4P. The number of hydrogen-bond donors (Lipinski definition) is 3. The summed E-state index contributed by atoms with van der Waals surface area (Å²) >= 11 is 0. The van der Waals surface area contributed by atoms with Crippen LogP contribution in [-0.4, -0.2) is 14.7 Å². The van der Waals surface area contributed by atoms with Gasteiger partial charge in [-0.2, -0.15) is 0 Å². The predicted octanol–water partition coefficient (Wildman–Crippen LogP) is -3.82. The van der Waals surface area contributed by atoms with Gasteiger partial charge in [-0.25, -0.2) is 4.57 Å². The van der Waals surface area contributed by atoms with Gasteiger partial charge in [0.1, 0.15) is 0 Å². The normalized spacial score (nSPS) is 7.38. The van der Waals surface area contributed by atoms with Crippen molar-refractivity contribution in [1.82, 2.24) is 0 Å². The van der Waals surface area contributed by atoms with E-state index in [1.54, 1.807) is 0 Å². The molecule has 4 nitrogen and oxygen atoms in total. The van der Waals surface area contributed by atoms with Crippen LogP contribution in [0.2, 0.25) is 0 Å². The minimum absolute atomic E-state index is 0. The van der Waals surface area contributed by atoms with E-state index in [-0.39, 0.29) is 58.4 Å². The van der Waals surface area contributed by atoms with E-state index in [0.717, 1.165) is 0 Å². The summed E-state index contributed by atoms with van der Waals surface area (Å²) in [6, 6.07) is 0. The van der Waals surface area contributed by atoms with Crippen LogP contribution in [-0.2, 0) is 42.7 Å².